The summed E-state index contributed by atoms with van der Waals surface area (Å²) in [5.74, 6) is 0.407. The molecule has 1 aromatic carbocycles. The Labute approximate surface area is 129 Å². The molecule has 0 unspecified atom stereocenters. The fourth-order valence-electron chi connectivity index (χ4n) is 1.72. The number of pyridine rings is 1. The molecule has 0 saturated carbocycles. The quantitative estimate of drug-likeness (QED) is 0.605. The summed E-state index contributed by atoms with van der Waals surface area (Å²) in [5.41, 5.74) is 7.06. The van der Waals surface area contributed by atoms with Crippen LogP contribution in [0, 0.1) is 0 Å². The smallest absolute Gasteiger partial charge is 0.276 e. The summed E-state index contributed by atoms with van der Waals surface area (Å²) in [6.45, 7) is 3.02. The second-order valence-corrected chi connectivity index (χ2v) is 4.39. The first-order valence-corrected chi connectivity index (χ1v) is 6.96. The molecule has 2 N–H and O–H groups in total. The van der Waals surface area contributed by atoms with Crippen molar-refractivity contribution in [1.29, 1.82) is 0 Å². The number of hydrogen-bond donors (Lipinski definition) is 2. The van der Waals surface area contributed by atoms with Gasteiger partial charge in [-0.15, -0.1) is 0 Å². The maximum atomic E-state index is 11.7. The van der Waals surface area contributed by atoms with Crippen LogP contribution in [0.15, 0.2) is 53.8 Å². The molecular formula is C16H18N4O2. The van der Waals surface area contributed by atoms with Gasteiger partial charge in [-0.05, 0) is 36.8 Å². The molecule has 1 aromatic heterocycles. The van der Waals surface area contributed by atoms with E-state index >= 15 is 0 Å². The third-order valence-electron chi connectivity index (χ3n) is 2.71. The molecule has 22 heavy (non-hydrogen) atoms. The van der Waals surface area contributed by atoms with E-state index in [-0.39, 0.29) is 5.91 Å². The average Bonchev–Trinajstić information content (AvgIpc) is 2.55. The number of amides is 1. The summed E-state index contributed by atoms with van der Waals surface area (Å²) in [5, 5.41) is 0. The zero-order valence-electron chi connectivity index (χ0n) is 12.3. The number of ether oxygens (including phenoxy) is 1. The van der Waals surface area contributed by atoms with Crippen molar-refractivity contribution >= 4 is 17.8 Å². The van der Waals surface area contributed by atoms with E-state index in [4.69, 9.17) is 4.74 Å². The molecular weight excluding hydrogens is 280 g/mol. The predicted octanol–water partition coefficient (Wildman–Crippen LogP) is 2.00. The van der Waals surface area contributed by atoms with E-state index in [1.165, 1.54) is 6.21 Å². The molecule has 0 atom stereocenters. The van der Waals surface area contributed by atoms with Crippen LogP contribution in [0.4, 0.5) is 5.69 Å². The van der Waals surface area contributed by atoms with E-state index in [1.54, 1.807) is 24.5 Å². The van der Waals surface area contributed by atoms with Crippen LogP contribution in [-0.4, -0.2) is 23.7 Å². The molecule has 2 aromatic rings. The number of aliphatic imine (C=N–C) groups is 1. The van der Waals surface area contributed by atoms with Gasteiger partial charge in [-0.25, -0.2) is 5.43 Å². The Bertz CT molecular complexity index is 629. The molecule has 1 heterocycles. The zero-order valence-corrected chi connectivity index (χ0v) is 12.3. The largest absolute Gasteiger partial charge is 0.494 e. The van der Waals surface area contributed by atoms with Crippen LogP contribution < -0.4 is 15.6 Å². The van der Waals surface area contributed by atoms with Crippen molar-refractivity contribution in [3.8, 4) is 5.75 Å². The monoisotopic (exact) mass is 298 g/mol. The molecule has 0 spiro atoms. The second-order valence-electron chi connectivity index (χ2n) is 4.39. The fraction of sp³-hybridized carbons (Fsp3) is 0.188. The average molecular weight is 298 g/mol. The Morgan fingerprint density at radius 1 is 1.32 bits per heavy atom. The third kappa shape index (κ3) is 5.34. The van der Waals surface area contributed by atoms with E-state index in [1.807, 2.05) is 31.2 Å². The van der Waals surface area contributed by atoms with Gasteiger partial charge in [0.25, 0.3) is 5.91 Å². The van der Waals surface area contributed by atoms with Crippen LogP contribution >= 0.6 is 0 Å². The number of hydrazine groups is 1. The highest BCUT2D eigenvalue weighted by Gasteiger charge is 1.98. The fourth-order valence-corrected chi connectivity index (χ4v) is 1.72. The lowest BCUT2D eigenvalue weighted by molar-refractivity contribution is -0.115. The Balaban J connectivity index is 1.80. The Hall–Kier alpha value is -2.73. The minimum Gasteiger partial charge on any atom is -0.494 e. The van der Waals surface area contributed by atoms with E-state index in [9.17, 15) is 4.79 Å². The third-order valence-corrected chi connectivity index (χ3v) is 2.71. The van der Waals surface area contributed by atoms with Gasteiger partial charge in [0.05, 0.1) is 18.5 Å². The standard InChI is InChI=1S/C16H18N4O2/c1-2-22-15-5-3-4-14(10-15)18-12-16(21)20-19-11-13-6-8-17-9-7-13/h3-10,12,19H,2,11H2,1H3,(H,20,21). The van der Waals surface area contributed by atoms with E-state index in [0.717, 1.165) is 11.3 Å². The summed E-state index contributed by atoms with van der Waals surface area (Å²) in [6, 6.07) is 11.0. The number of hydrogen-bond acceptors (Lipinski definition) is 5. The minimum atomic E-state index is -0.323. The first-order chi connectivity index (χ1) is 10.8. The van der Waals surface area contributed by atoms with Crippen molar-refractivity contribution in [2.45, 2.75) is 13.5 Å². The Morgan fingerprint density at radius 2 is 2.14 bits per heavy atom. The number of nitrogens with zero attached hydrogens (tertiary/aromatic N) is 2. The minimum absolute atomic E-state index is 0.323. The van der Waals surface area contributed by atoms with Gasteiger partial charge in [-0.1, -0.05) is 6.07 Å². The molecule has 6 nitrogen and oxygen atoms in total. The summed E-state index contributed by atoms with van der Waals surface area (Å²) < 4.78 is 5.38. The second kappa shape index (κ2) is 8.53. The van der Waals surface area contributed by atoms with Crippen LogP contribution in [0.3, 0.4) is 0 Å². The Morgan fingerprint density at radius 3 is 2.91 bits per heavy atom. The lowest BCUT2D eigenvalue weighted by Gasteiger charge is -2.04. The van der Waals surface area contributed by atoms with Crippen molar-refractivity contribution < 1.29 is 9.53 Å². The summed E-state index contributed by atoms with van der Waals surface area (Å²) in [6.07, 6.45) is 4.63. The van der Waals surface area contributed by atoms with Gasteiger partial charge in [0.1, 0.15) is 5.75 Å². The lowest BCUT2D eigenvalue weighted by Crippen LogP contribution is -2.37. The predicted molar refractivity (Wildman–Crippen MR) is 85.0 cm³/mol. The number of rotatable bonds is 7. The first-order valence-electron chi connectivity index (χ1n) is 6.96. The molecule has 114 valence electrons. The van der Waals surface area contributed by atoms with Gasteiger partial charge in [-0.3, -0.25) is 20.2 Å². The van der Waals surface area contributed by atoms with Crippen molar-refractivity contribution in [2.24, 2.45) is 4.99 Å². The van der Waals surface area contributed by atoms with Crippen molar-refractivity contribution in [3.05, 3.63) is 54.4 Å². The molecule has 0 aliphatic heterocycles. The normalized spacial score (nSPS) is 10.6. The van der Waals surface area contributed by atoms with Crippen molar-refractivity contribution in [2.75, 3.05) is 6.61 Å². The molecule has 0 aliphatic carbocycles. The first kappa shape index (κ1) is 15.7. The van der Waals surface area contributed by atoms with Crippen LogP contribution in [-0.2, 0) is 11.3 Å². The van der Waals surface area contributed by atoms with Crippen LogP contribution in [0.5, 0.6) is 5.75 Å². The van der Waals surface area contributed by atoms with Gasteiger partial charge in [-0.2, -0.15) is 0 Å². The van der Waals surface area contributed by atoms with E-state index in [2.05, 4.69) is 20.8 Å². The number of carbonyl (C=O) groups excluding carboxylic acids is 1. The highest BCUT2D eigenvalue weighted by Crippen LogP contribution is 2.19. The molecule has 2 rings (SSSR count). The molecule has 0 saturated heterocycles. The van der Waals surface area contributed by atoms with Crippen LogP contribution in [0.1, 0.15) is 12.5 Å². The van der Waals surface area contributed by atoms with Gasteiger partial charge < -0.3 is 4.74 Å². The van der Waals surface area contributed by atoms with Crippen LogP contribution in [0.25, 0.3) is 0 Å². The maximum Gasteiger partial charge on any atom is 0.276 e. The van der Waals surface area contributed by atoms with Gasteiger partial charge in [0.2, 0.25) is 0 Å². The Kier molecular flexibility index (Phi) is 6.07. The summed E-state index contributed by atoms with van der Waals surface area (Å²) in [7, 11) is 0. The lowest BCUT2D eigenvalue weighted by atomic mass is 10.3. The van der Waals surface area contributed by atoms with Crippen molar-refractivity contribution in [3.63, 3.8) is 0 Å². The maximum absolute atomic E-state index is 11.7. The molecule has 0 radical (unpaired) electrons. The molecule has 6 heteroatoms. The molecule has 0 aliphatic rings. The van der Waals surface area contributed by atoms with Crippen molar-refractivity contribution in [1.82, 2.24) is 15.8 Å². The number of benzene rings is 1. The SMILES string of the molecule is CCOc1cccc(N=CC(=O)NNCc2ccncc2)c1. The highest BCUT2D eigenvalue weighted by atomic mass is 16.5. The molecule has 0 bridgehead atoms. The van der Waals surface area contributed by atoms with Gasteiger partial charge in [0, 0.05) is 25.0 Å². The van der Waals surface area contributed by atoms with Crippen LogP contribution in [0.2, 0.25) is 0 Å². The highest BCUT2D eigenvalue weighted by molar-refractivity contribution is 6.26. The zero-order chi connectivity index (χ0) is 15.6. The van der Waals surface area contributed by atoms with Gasteiger partial charge >= 0.3 is 0 Å². The number of aromatic nitrogens is 1. The number of nitrogens with one attached hydrogen (secondary N) is 2. The summed E-state index contributed by atoms with van der Waals surface area (Å²) >= 11 is 0. The molecule has 1 amide bonds. The number of carbonyl (C=O) groups is 1. The van der Waals surface area contributed by atoms with E-state index < -0.39 is 0 Å². The topological polar surface area (TPSA) is 75.6 Å². The van der Waals surface area contributed by atoms with E-state index in [0.29, 0.717) is 18.8 Å². The molecule has 0 fully saturated rings. The van der Waals surface area contributed by atoms with Gasteiger partial charge in [0.15, 0.2) is 0 Å². The summed E-state index contributed by atoms with van der Waals surface area (Å²) in [4.78, 5) is 19.7.